The highest BCUT2D eigenvalue weighted by Crippen LogP contribution is 2.32. The van der Waals surface area contributed by atoms with E-state index in [0.29, 0.717) is 0 Å². The minimum absolute atomic E-state index is 1.07. The number of hydrazone groups is 1. The second kappa shape index (κ2) is 3.95. The van der Waals surface area contributed by atoms with Gasteiger partial charge in [-0.25, -0.2) is 0 Å². The molecule has 2 nitrogen and oxygen atoms in total. The fourth-order valence-electron chi connectivity index (χ4n) is 0.362. The number of nitrogens with zero attached hydrogens (tertiary/aromatic N) is 1. The summed E-state index contributed by atoms with van der Waals surface area (Å²) in [6.07, 6.45) is 3.59. The standard InChI is InChI=1S/C4H4N2S3/c7-9-8-4-1-2-5-6-3-4/h1,3,6-7H. The van der Waals surface area contributed by atoms with E-state index in [9.17, 15) is 0 Å². The first kappa shape index (κ1) is 7.15. The predicted octanol–water partition coefficient (Wildman–Crippen LogP) is 1.80. The average molecular weight is 176 g/mol. The SMILES string of the molecule is SSSC1=CNN=C=C1. The van der Waals surface area contributed by atoms with Crippen molar-refractivity contribution in [3.05, 3.63) is 17.2 Å². The summed E-state index contributed by atoms with van der Waals surface area (Å²) in [5.41, 5.74) is 2.67. The molecule has 5 heteroatoms. The molecule has 1 aliphatic rings. The van der Waals surface area contributed by atoms with Gasteiger partial charge in [-0.05, 0) is 20.6 Å². The van der Waals surface area contributed by atoms with Crippen molar-refractivity contribution in [2.45, 2.75) is 0 Å². The molecule has 1 heterocycles. The summed E-state index contributed by atoms with van der Waals surface area (Å²) in [5, 5.41) is 3.63. The summed E-state index contributed by atoms with van der Waals surface area (Å²) in [6, 6.07) is 0. The molecule has 0 amide bonds. The normalized spacial score (nSPS) is 15.0. The Kier molecular flexibility index (Phi) is 3.14. The second-order valence-electron chi connectivity index (χ2n) is 1.22. The average Bonchev–Trinajstić information content (AvgIpc) is 1.91. The van der Waals surface area contributed by atoms with Crippen molar-refractivity contribution >= 4 is 38.2 Å². The summed E-state index contributed by atoms with van der Waals surface area (Å²) in [5.74, 6) is 2.67. The third-order valence-corrected chi connectivity index (χ3v) is 2.65. The Morgan fingerprint density at radius 3 is 3.22 bits per heavy atom. The van der Waals surface area contributed by atoms with Crippen LogP contribution in [0.5, 0.6) is 0 Å². The number of thiol groups is 1. The summed E-state index contributed by atoms with van der Waals surface area (Å²) in [7, 11) is 2.95. The highest BCUT2D eigenvalue weighted by molar-refractivity contribution is 9.06. The second-order valence-corrected chi connectivity index (χ2v) is 4.29. The van der Waals surface area contributed by atoms with E-state index >= 15 is 0 Å². The largest absolute Gasteiger partial charge is 0.276 e. The van der Waals surface area contributed by atoms with Crippen molar-refractivity contribution in [3.63, 3.8) is 0 Å². The Bertz CT molecular complexity index is 180. The summed E-state index contributed by atoms with van der Waals surface area (Å²) < 4.78 is 0. The summed E-state index contributed by atoms with van der Waals surface area (Å²) in [4.78, 5) is 1.07. The van der Waals surface area contributed by atoms with E-state index in [4.69, 9.17) is 0 Å². The topological polar surface area (TPSA) is 24.4 Å². The summed E-state index contributed by atoms with van der Waals surface area (Å²) >= 11 is 3.96. The molecular weight excluding hydrogens is 172 g/mol. The van der Waals surface area contributed by atoms with Crippen LogP contribution in [0.2, 0.25) is 0 Å². The van der Waals surface area contributed by atoms with Crippen LogP contribution in [0.4, 0.5) is 0 Å². The van der Waals surface area contributed by atoms with Crippen molar-refractivity contribution < 1.29 is 0 Å². The van der Waals surface area contributed by atoms with Crippen LogP contribution in [0.15, 0.2) is 22.3 Å². The molecule has 0 aromatic carbocycles. The van der Waals surface area contributed by atoms with Crippen LogP contribution in [0.3, 0.4) is 0 Å². The lowest BCUT2D eigenvalue weighted by molar-refractivity contribution is 0.971. The molecule has 0 aliphatic carbocycles. The van der Waals surface area contributed by atoms with Gasteiger partial charge >= 0.3 is 0 Å². The predicted molar refractivity (Wildman–Crippen MR) is 47.4 cm³/mol. The number of allylic oxidation sites excluding steroid dienone is 1. The zero-order valence-electron chi connectivity index (χ0n) is 4.37. The first-order valence-electron chi connectivity index (χ1n) is 2.16. The smallest absolute Gasteiger partial charge is 0.0461 e. The Hall–Kier alpha value is 0.0400. The van der Waals surface area contributed by atoms with Gasteiger partial charge in [-0.2, -0.15) is 0 Å². The van der Waals surface area contributed by atoms with Crippen LogP contribution >= 0.6 is 32.3 Å². The lowest BCUT2D eigenvalue weighted by Gasteiger charge is -1.97. The first-order chi connectivity index (χ1) is 4.43. The van der Waals surface area contributed by atoms with E-state index < -0.39 is 0 Å². The molecule has 0 bridgehead atoms. The number of hydrogen-bond acceptors (Lipinski definition) is 5. The molecular formula is C4H4N2S3. The van der Waals surface area contributed by atoms with E-state index in [0.717, 1.165) is 4.91 Å². The van der Waals surface area contributed by atoms with E-state index in [1.54, 1.807) is 23.1 Å². The fourth-order valence-corrected chi connectivity index (χ4v) is 1.97. The minimum Gasteiger partial charge on any atom is -0.276 e. The molecule has 0 unspecified atom stereocenters. The van der Waals surface area contributed by atoms with Gasteiger partial charge in [-0.15, -0.1) is 5.10 Å². The molecule has 0 aromatic heterocycles. The van der Waals surface area contributed by atoms with Gasteiger partial charge in [0.25, 0.3) is 0 Å². The van der Waals surface area contributed by atoms with Crippen LogP contribution in [0, 0.1) is 0 Å². The maximum Gasteiger partial charge on any atom is 0.0461 e. The van der Waals surface area contributed by atoms with Gasteiger partial charge in [0.05, 0.1) is 0 Å². The molecule has 0 fully saturated rings. The van der Waals surface area contributed by atoms with Gasteiger partial charge < -0.3 is 0 Å². The maximum atomic E-state index is 3.96. The van der Waals surface area contributed by atoms with E-state index in [2.05, 4.69) is 28.1 Å². The molecule has 0 saturated heterocycles. The zero-order valence-corrected chi connectivity index (χ0v) is 6.89. The monoisotopic (exact) mass is 176 g/mol. The van der Waals surface area contributed by atoms with Gasteiger partial charge in [-0.3, -0.25) is 5.43 Å². The van der Waals surface area contributed by atoms with Crippen LogP contribution in [-0.2, 0) is 0 Å². The van der Waals surface area contributed by atoms with Gasteiger partial charge in [0.1, 0.15) is 0 Å². The van der Waals surface area contributed by atoms with Crippen LogP contribution in [-0.4, -0.2) is 5.87 Å². The molecule has 48 valence electrons. The zero-order chi connectivity index (χ0) is 6.53. The maximum absolute atomic E-state index is 3.96. The lowest BCUT2D eigenvalue weighted by atomic mass is 10.6. The van der Waals surface area contributed by atoms with Crippen LogP contribution in [0.1, 0.15) is 0 Å². The number of rotatable bonds is 2. The molecule has 0 aromatic rings. The molecule has 9 heavy (non-hydrogen) atoms. The molecule has 1 N–H and O–H groups in total. The lowest BCUT2D eigenvalue weighted by Crippen LogP contribution is -1.96. The number of nitrogens with one attached hydrogen (secondary N) is 1. The summed E-state index contributed by atoms with van der Waals surface area (Å²) in [6.45, 7) is 0. The van der Waals surface area contributed by atoms with Crippen molar-refractivity contribution in [2.24, 2.45) is 5.10 Å². The van der Waals surface area contributed by atoms with Crippen LogP contribution < -0.4 is 5.43 Å². The van der Waals surface area contributed by atoms with Gasteiger partial charge in [-0.1, -0.05) is 11.7 Å². The molecule has 1 rings (SSSR count). The van der Waals surface area contributed by atoms with Gasteiger partial charge in [0.2, 0.25) is 0 Å². The number of hydrogen-bond donors (Lipinski definition) is 2. The van der Waals surface area contributed by atoms with E-state index in [1.165, 1.54) is 9.83 Å². The Morgan fingerprint density at radius 2 is 2.67 bits per heavy atom. The minimum atomic E-state index is 1.07. The Morgan fingerprint density at radius 1 is 1.78 bits per heavy atom. The van der Waals surface area contributed by atoms with Gasteiger partial charge in [0, 0.05) is 23.1 Å². The molecule has 0 atom stereocenters. The molecule has 0 spiro atoms. The third kappa shape index (κ3) is 2.41. The third-order valence-electron chi connectivity index (χ3n) is 0.676. The fraction of sp³-hybridized carbons (Fsp3) is 0. The molecule has 0 saturated carbocycles. The van der Waals surface area contributed by atoms with Crippen molar-refractivity contribution in [1.29, 1.82) is 0 Å². The van der Waals surface area contributed by atoms with Crippen molar-refractivity contribution in [2.75, 3.05) is 0 Å². The van der Waals surface area contributed by atoms with E-state index in [1.807, 2.05) is 0 Å². The quantitative estimate of drug-likeness (QED) is 0.495. The Balaban J connectivity index is 2.50. The molecule has 0 radical (unpaired) electrons. The van der Waals surface area contributed by atoms with Crippen LogP contribution in [0.25, 0.3) is 0 Å². The van der Waals surface area contributed by atoms with Crippen molar-refractivity contribution in [3.8, 4) is 0 Å². The Labute approximate surface area is 66.1 Å². The van der Waals surface area contributed by atoms with Gasteiger partial charge in [0.15, 0.2) is 0 Å². The van der Waals surface area contributed by atoms with Crippen molar-refractivity contribution in [1.82, 2.24) is 5.43 Å². The molecule has 1 aliphatic heterocycles. The highest BCUT2D eigenvalue weighted by atomic mass is 33.5. The first-order valence-corrected chi connectivity index (χ1v) is 5.36. The highest BCUT2D eigenvalue weighted by Gasteiger charge is 1.92. The van der Waals surface area contributed by atoms with E-state index in [-0.39, 0.29) is 0 Å².